The second-order valence-electron chi connectivity index (χ2n) is 6.80. The maximum atomic E-state index is 11.7. The predicted molar refractivity (Wildman–Crippen MR) is 114 cm³/mol. The Kier molecular flexibility index (Phi) is 5.61. The lowest BCUT2D eigenvalue weighted by molar-refractivity contribution is 0.0958. The number of hydrazone groups is 1. The normalized spacial score (nSPS) is 15.1. The number of aromatic nitrogens is 1. The topological polar surface area (TPSA) is 84.8 Å². The molecule has 7 nitrogen and oxygen atoms in total. The minimum Gasteiger partial charge on any atom is -0.497 e. The van der Waals surface area contributed by atoms with Crippen LogP contribution < -0.4 is 20.2 Å². The number of carbonyl (C=O) groups is 1. The van der Waals surface area contributed by atoms with Crippen LogP contribution in [-0.4, -0.2) is 30.8 Å². The van der Waals surface area contributed by atoms with Crippen LogP contribution >= 0.6 is 0 Å². The summed E-state index contributed by atoms with van der Waals surface area (Å²) in [6.45, 7) is 0. The quantitative estimate of drug-likeness (QED) is 0.657. The van der Waals surface area contributed by atoms with Crippen molar-refractivity contribution >= 4 is 11.6 Å². The molecule has 0 spiro atoms. The van der Waals surface area contributed by atoms with Gasteiger partial charge in [0.05, 0.1) is 18.9 Å². The van der Waals surface area contributed by atoms with Crippen molar-refractivity contribution < 1.29 is 14.3 Å². The van der Waals surface area contributed by atoms with E-state index in [1.54, 1.807) is 32.5 Å². The van der Waals surface area contributed by atoms with Gasteiger partial charge in [-0.1, -0.05) is 12.1 Å². The number of nitrogens with one attached hydrogen (secondary N) is 2. The fraction of sp³-hybridized carbons (Fsp3) is 0.174. The molecule has 1 amide bonds. The number of amides is 1. The monoisotopic (exact) mass is 402 g/mol. The van der Waals surface area contributed by atoms with Crippen molar-refractivity contribution in [2.24, 2.45) is 5.10 Å². The van der Waals surface area contributed by atoms with Crippen molar-refractivity contribution in [1.82, 2.24) is 15.7 Å². The summed E-state index contributed by atoms with van der Waals surface area (Å²) in [5, 5.41) is 7.05. The largest absolute Gasteiger partial charge is 0.497 e. The van der Waals surface area contributed by atoms with Crippen LogP contribution in [0.15, 0.2) is 72.0 Å². The molecule has 1 aliphatic heterocycles. The Labute approximate surface area is 174 Å². The third-order valence-electron chi connectivity index (χ3n) is 4.89. The summed E-state index contributed by atoms with van der Waals surface area (Å²) in [5.41, 5.74) is 6.71. The molecule has 0 fully saturated rings. The summed E-state index contributed by atoms with van der Waals surface area (Å²) >= 11 is 0. The maximum Gasteiger partial charge on any atom is 0.269 e. The second kappa shape index (κ2) is 8.65. The molecule has 0 saturated heterocycles. The SMILES string of the molecule is CNC(=O)c1cc(Oc2ccc(C3=NNC(c4ccc(OC)cc4)C3)cc2)ccn1. The number of pyridine rings is 1. The first-order valence-corrected chi connectivity index (χ1v) is 9.59. The number of ether oxygens (including phenoxy) is 2. The summed E-state index contributed by atoms with van der Waals surface area (Å²) in [7, 11) is 3.23. The Morgan fingerprint density at radius 1 is 1.03 bits per heavy atom. The van der Waals surface area contributed by atoms with E-state index in [1.807, 2.05) is 48.5 Å². The number of carbonyl (C=O) groups excluding carboxylic acids is 1. The van der Waals surface area contributed by atoms with Crippen LogP contribution in [0.3, 0.4) is 0 Å². The predicted octanol–water partition coefficient (Wildman–Crippen LogP) is 3.68. The molecule has 1 aliphatic rings. The van der Waals surface area contributed by atoms with E-state index in [0.29, 0.717) is 17.2 Å². The van der Waals surface area contributed by atoms with Crippen LogP contribution in [0.4, 0.5) is 0 Å². The minimum absolute atomic E-state index is 0.141. The molecule has 7 heteroatoms. The average Bonchev–Trinajstić information content (AvgIpc) is 3.29. The molecule has 1 atom stereocenters. The molecule has 2 aromatic carbocycles. The van der Waals surface area contributed by atoms with Crippen LogP contribution in [0.25, 0.3) is 0 Å². The molecule has 3 aromatic rings. The first-order valence-electron chi connectivity index (χ1n) is 9.59. The van der Waals surface area contributed by atoms with Gasteiger partial charge in [0, 0.05) is 25.7 Å². The lowest BCUT2D eigenvalue weighted by atomic mass is 9.99. The number of hydrogen-bond donors (Lipinski definition) is 2. The third kappa shape index (κ3) is 4.25. The molecule has 0 aliphatic carbocycles. The van der Waals surface area contributed by atoms with E-state index in [4.69, 9.17) is 9.47 Å². The maximum absolute atomic E-state index is 11.7. The highest BCUT2D eigenvalue weighted by atomic mass is 16.5. The first-order chi connectivity index (χ1) is 14.7. The van der Waals surface area contributed by atoms with Crippen molar-refractivity contribution in [2.45, 2.75) is 12.5 Å². The molecule has 1 aromatic heterocycles. The molecule has 30 heavy (non-hydrogen) atoms. The van der Waals surface area contributed by atoms with Crippen LogP contribution in [0.5, 0.6) is 17.2 Å². The zero-order valence-electron chi connectivity index (χ0n) is 16.8. The van der Waals surface area contributed by atoms with E-state index in [1.165, 1.54) is 5.56 Å². The zero-order chi connectivity index (χ0) is 20.9. The number of rotatable bonds is 6. The van der Waals surface area contributed by atoms with Gasteiger partial charge in [-0.2, -0.15) is 5.10 Å². The molecule has 0 bridgehead atoms. The summed E-state index contributed by atoms with van der Waals surface area (Å²) in [5.74, 6) is 1.81. The molecule has 4 rings (SSSR count). The van der Waals surface area contributed by atoms with Gasteiger partial charge < -0.3 is 20.2 Å². The van der Waals surface area contributed by atoms with E-state index in [2.05, 4.69) is 20.8 Å². The smallest absolute Gasteiger partial charge is 0.269 e. The molecular weight excluding hydrogens is 380 g/mol. The lowest BCUT2D eigenvalue weighted by Crippen LogP contribution is -2.18. The van der Waals surface area contributed by atoms with Gasteiger partial charge in [0.2, 0.25) is 0 Å². The number of nitrogens with zero attached hydrogens (tertiary/aromatic N) is 2. The second-order valence-corrected chi connectivity index (χ2v) is 6.80. The summed E-state index contributed by atoms with van der Waals surface area (Å²) in [4.78, 5) is 15.8. The fourth-order valence-corrected chi connectivity index (χ4v) is 3.23. The summed E-state index contributed by atoms with van der Waals surface area (Å²) < 4.78 is 11.1. The van der Waals surface area contributed by atoms with Crippen LogP contribution in [0.1, 0.15) is 34.1 Å². The fourth-order valence-electron chi connectivity index (χ4n) is 3.23. The Morgan fingerprint density at radius 2 is 1.77 bits per heavy atom. The number of hydrogen-bond acceptors (Lipinski definition) is 6. The van der Waals surface area contributed by atoms with Gasteiger partial charge in [0.1, 0.15) is 22.9 Å². The zero-order valence-corrected chi connectivity index (χ0v) is 16.8. The van der Waals surface area contributed by atoms with Crippen molar-refractivity contribution in [3.8, 4) is 17.2 Å². The molecule has 2 N–H and O–H groups in total. The Balaban J connectivity index is 1.41. The van der Waals surface area contributed by atoms with Gasteiger partial charge in [-0.25, -0.2) is 0 Å². The van der Waals surface area contributed by atoms with Gasteiger partial charge in [0.25, 0.3) is 5.91 Å². The van der Waals surface area contributed by atoms with E-state index in [-0.39, 0.29) is 11.9 Å². The number of benzene rings is 2. The Hall–Kier alpha value is -3.87. The van der Waals surface area contributed by atoms with Gasteiger partial charge in [-0.15, -0.1) is 0 Å². The number of methoxy groups -OCH3 is 1. The van der Waals surface area contributed by atoms with E-state index in [9.17, 15) is 4.79 Å². The van der Waals surface area contributed by atoms with Crippen LogP contribution in [-0.2, 0) is 0 Å². The highest BCUT2D eigenvalue weighted by Gasteiger charge is 2.21. The Bertz CT molecular complexity index is 1060. The van der Waals surface area contributed by atoms with Gasteiger partial charge in [0.15, 0.2) is 0 Å². The molecule has 1 unspecified atom stereocenters. The molecule has 0 saturated carbocycles. The van der Waals surface area contributed by atoms with Crippen LogP contribution in [0.2, 0.25) is 0 Å². The molecule has 152 valence electrons. The van der Waals surface area contributed by atoms with Gasteiger partial charge >= 0.3 is 0 Å². The highest BCUT2D eigenvalue weighted by molar-refractivity contribution is 6.01. The van der Waals surface area contributed by atoms with Gasteiger partial charge in [-0.3, -0.25) is 9.78 Å². The minimum atomic E-state index is -0.256. The molecule has 0 radical (unpaired) electrons. The highest BCUT2D eigenvalue weighted by Crippen LogP contribution is 2.27. The Morgan fingerprint density at radius 3 is 2.47 bits per heavy atom. The van der Waals surface area contributed by atoms with Crippen molar-refractivity contribution in [3.63, 3.8) is 0 Å². The van der Waals surface area contributed by atoms with E-state index >= 15 is 0 Å². The van der Waals surface area contributed by atoms with E-state index in [0.717, 1.165) is 23.4 Å². The third-order valence-corrected chi connectivity index (χ3v) is 4.89. The summed E-state index contributed by atoms with van der Waals surface area (Å²) in [6.07, 6.45) is 2.35. The van der Waals surface area contributed by atoms with E-state index < -0.39 is 0 Å². The average molecular weight is 402 g/mol. The van der Waals surface area contributed by atoms with Gasteiger partial charge in [-0.05, 0) is 53.6 Å². The summed E-state index contributed by atoms with van der Waals surface area (Å²) in [6, 6.07) is 19.2. The van der Waals surface area contributed by atoms with Crippen LogP contribution in [0, 0.1) is 0 Å². The molecular formula is C23H22N4O3. The lowest BCUT2D eigenvalue weighted by Gasteiger charge is -2.11. The standard InChI is InChI=1S/C23H22N4O3/c1-24-23(28)22-13-19(11-12-25-22)30-18-9-5-16(6-10-18)21-14-20(26-27-21)15-3-7-17(29-2)8-4-15/h3-13,20,26H,14H2,1-2H3,(H,24,28). The molecule has 2 heterocycles. The first kappa shape index (κ1) is 19.4. The van der Waals surface area contributed by atoms with Crippen molar-refractivity contribution in [1.29, 1.82) is 0 Å². The van der Waals surface area contributed by atoms with Crippen molar-refractivity contribution in [3.05, 3.63) is 83.7 Å². The van der Waals surface area contributed by atoms with Crippen molar-refractivity contribution in [2.75, 3.05) is 14.2 Å².